The van der Waals surface area contributed by atoms with Crippen molar-refractivity contribution >= 4 is 11.6 Å². The van der Waals surface area contributed by atoms with Crippen LogP contribution in [0.3, 0.4) is 0 Å². The number of aromatic nitrogens is 1. The van der Waals surface area contributed by atoms with Gasteiger partial charge in [0.25, 0.3) is 5.91 Å². The third-order valence-electron chi connectivity index (χ3n) is 2.11. The molecule has 1 aromatic carbocycles. The molecule has 76 valence electrons. The average molecular weight is 202 g/mol. The smallest absolute Gasteiger partial charge is 0.280 e. The minimum absolute atomic E-state index is 0.185. The topological polar surface area (TPSA) is 46.3 Å². The fraction of sp³-hybridized carbons (Fsp3) is 0.0909. The molecule has 0 radical (unpaired) electrons. The highest BCUT2D eigenvalue weighted by Crippen LogP contribution is 2.13. The Hall–Kier alpha value is -2.10. The van der Waals surface area contributed by atoms with Gasteiger partial charge in [-0.25, -0.2) is 0 Å². The Morgan fingerprint density at radius 3 is 2.60 bits per heavy atom. The van der Waals surface area contributed by atoms with Crippen LogP contribution in [0.15, 0.2) is 47.2 Å². The van der Waals surface area contributed by atoms with Gasteiger partial charge in [0.1, 0.15) is 6.26 Å². The Kier molecular flexibility index (Phi) is 2.49. The van der Waals surface area contributed by atoms with Gasteiger partial charge in [-0.3, -0.25) is 4.79 Å². The maximum Gasteiger partial charge on any atom is 0.280 e. The Morgan fingerprint density at radius 2 is 2.00 bits per heavy atom. The van der Waals surface area contributed by atoms with E-state index in [0.717, 1.165) is 5.69 Å². The Bertz CT molecular complexity index is 437. The zero-order valence-electron chi connectivity index (χ0n) is 8.25. The van der Waals surface area contributed by atoms with Crippen molar-refractivity contribution in [3.8, 4) is 0 Å². The molecule has 4 nitrogen and oxygen atoms in total. The summed E-state index contributed by atoms with van der Waals surface area (Å²) in [5.74, 6) is -0.185. The van der Waals surface area contributed by atoms with E-state index in [2.05, 4.69) is 9.68 Å². The first-order chi connectivity index (χ1) is 7.29. The molecule has 0 aliphatic rings. The summed E-state index contributed by atoms with van der Waals surface area (Å²) < 4.78 is 4.62. The second-order valence-electron chi connectivity index (χ2n) is 3.08. The molecule has 15 heavy (non-hydrogen) atoms. The molecular weight excluding hydrogens is 192 g/mol. The lowest BCUT2D eigenvalue weighted by Gasteiger charge is -2.15. The second-order valence-corrected chi connectivity index (χ2v) is 3.08. The van der Waals surface area contributed by atoms with Crippen molar-refractivity contribution in [1.29, 1.82) is 0 Å². The number of carbonyl (C=O) groups is 1. The first-order valence-electron chi connectivity index (χ1n) is 4.52. The number of para-hydroxylation sites is 1. The number of nitrogens with zero attached hydrogens (tertiary/aromatic N) is 2. The van der Waals surface area contributed by atoms with Crippen LogP contribution in [0.4, 0.5) is 5.69 Å². The number of hydrogen-bond acceptors (Lipinski definition) is 3. The van der Waals surface area contributed by atoms with Gasteiger partial charge < -0.3 is 9.42 Å². The quantitative estimate of drug-likeness (QED) is 0.747. The standard InChI is InChI=1S/C11H10N2O2/c1-13(9-5-3-2-4-6-9)11(14)10-7-8-15-12-10/h2-8H,1H3. The van der Waals surface area contributed by atoms with E-state index < -0.39 is 0 Å². The van der Waals surface area contributed by atoms with Crippen molar-refractivity contribution < 1.29 is 9.32 Å². The van der Waals surface area contributed by atoms with Crippen molar-refractivity contribution in [3.63, 3.8) is 0 Å². The molecule has 2 aromatic rings. The van der Waals surface area contributed by atoms with Gasteiger partial charge >= 0.3 is 0 Å². The summed E-state index contributed by atoms with van der Waals surface area (Å²) in [4.78, 5) is 13.3. The highest BCUT2D eigenvalue weighted by Gasteiger charge is 2.15. The van der Waals surface area contributed by atoms with Crippen molar-refractivity contribution in [1.82, 2.24) is 5.16 Å². The molecule has 0 N–H and O–H groups in total. The highest BCUT2D eigenvalue weighted by molar-refractivity contribution is 6.04. The Labute approximate surface area is 87.1 Å². The van der Waals surface area contributed by atoms with Gasteiger partial charge in [-0.1, -0.05) is 23.4 Å². The fourth-order valence-electron chi connectivity index (χ4n) is 1.26. The van der Waals surface area contributed by atoms with Crippen LogP contribution in [0.1, 0.15) is 10.5 Å². The van der Waals surface area contributed by atoms with Gasteiger partial charge in [-0.15, -0.1) is 0 Å². The van der Waals surface area contributed by atoms with E-state index in [4.69, 9.17) is 0 Å². The summed E-state index contributed by atoms with van der Waals surface area (Å²) in [6, 6.07) is 10.9. The zero-order valence-corrected chi connectivity index (χ0v) is 8.25. The highest BCUT2D eigenvalue weighted by atomic mass is 16.5. The molecule has 0 saturated carbocycles. The number of hydrogen-bond donors (Lipinski definition) is 0. The van der Waals surface area contributed by atoms with Gasteiger partial charge in [-0.05, 0) is 12.1 Å². The van der Waals surface area contributed by atoms with E-state index in [1.54, 1.807) is 13.1 Å². The largest absolute Gasteiger partial charge is 0.364 e. The number of anilines is 1. The van der Waals surface area contributed by atoms with Gasteiger partial charge in [-0.2, -0.15) is 0 Å². The minimum atomic E-state index is -0.185. The number of rotatable bonds is 2. The van der Waals surface area contributed by atoms with E-state index in [1.807, 2.05) is 30.3 Å². The van der Waals surface area contributed by atoms with Gasteiger partial charge in [0.15, 0.2) is 5.69 Å². The maximum absolute atomic E-state index is 11.8. The molecule has 0 spiro atoms. The molecular formula is C11H10N2O2. The van der Waals surface area contributed by atoms with Crippen molar-refractivity contribution in [2.75, 3.05) is 11.9 Å². The maximum atomic E-state index is 11.8. The van der Waals surface area contributed by atoms with E-state index in [1.165, 1.54) is 11.2 Å². The molecule has 0 aliphatic heterocycles. The summed E-state index contributed by atoms with van der Waals surface area (Å²) in [6.07, 6.45) is 1.38. The van der Waals surface area contributed by atoms with Crippen LogP contribution >= 0.6 is 0 Å². The van der Waals surface area contributed by atoms with Gasteiger partial charge in [0.2, 0.25) is 0 Å². The molecule has 0 unspecified atom stereocenters. The molecule has 0 bridgehead atoms. The van der Waals surface area contributed by atoms with Crippen LogP contribution in [0.25, 0.3) is 0 Å². The van der Waals surface area contributed by atoms with Gasteiger partial charge in [0.05, 0.1) is 0 Å². The van der Waals surface area contributed by atoms with Crippen molar-refractivity contribution in [2.45, 2.75) is 0 Å². The normalized spacial score (nSPS) is 9.93. The average Bonchev–Trinajstić information content (AvgIpc) is 2.82. The Morgan fingerprint density at radius 1 is 1.27 bits per heavy atom. The number of carbonyl (C=O) groups excluding carboxylic acids is 1. The van der Waals surface area contributed by atoms with Crippen LogP contribution in [0, 0.1) is 0 Å². The van der Waals surface area contributed by atoms with Crippen LogP contribution in [-0.2, 0) is 0 Å². The summed E-state index contributed by atoms with van der Waals surface area (Å²) in [6.45, 7) is 0. The van der Waals surface area contributed by atoms with Crippen LogP contribution < -0.4 is 4.90 Å². The van der Waals surface area contributed by atoms with Crippen molar-refractivity contribution in [3.05, 3.63) is 48.4 Å². The predicted octanol–water partition coefficient (Wildman–Crippen LogP) is 1.95. The zero-order chi connectivity index (χ0) is 10.7. The van der Waals surface area contributed by atoms with Gasteiger partial charge in [0, 0.05) is 18.8 Å². The lowest BCUT2D eigenvalue weighted by atomic mass is 10.3. The lowest BCUT2D eigenvalue weighted by molar-refractivity contribution is 0.0984. The predicted molar refractivity (Wildman–Crippen MR) is 55.7 cm³/mol. The van der Waals surface area contributed by atoms with Crippen LogP contribution in [0.5, 0.6) is 0 Å². The van der Waals surface area contributed by atoms with E-state index in [0.29, 0.717) is 5.69 Å². The third kappa shape index (κ3) is 1.88. The van der Waals surface area contributed by atoms with E-state index in [9.17, 15) is 4.79 Å². The lowest BCUT2D eigenvalue weighted by Crippen LogP contribution is -2.26. The molecule has 0 atom stereocenters. The fourth-order valence-corrected chi connectivity index (χ4v) is 1.26. The van der Waals surface area contributed by atoms with E-state index in [-0.39, 0.29) is 5.91 Å². The molecule has 4 heteroatoms. The van der Waals surface area contributed by atoms with Crippen LogP contribution in [-0.4, -0.2) is 18.1 Å². The van der Waals surface area contributed by atoms with Crippen LogP contribution in [0.2, 0.25) is 0 Å². The molecule has 1 amide bonds. The summed E-state index contributed by atoms with van der Waals surface area (Å²) >= 11 is 0. The third-order valence-corrected chi connectivity index (χ3v) is 2.11. The van der Waals surface area contributed by atoms with E-state index >= 15 is 0 Å². The molecule has 0 aliphatic carbocycles. The monoisotopic (exact) mass is 202 g/mol. The SMILES string of the molecule is CN(C(=O)c1ccon1)c1ccccc1. The second kappa shape index (κ2) is 3.96. The minimum Gasteiger partial charge on any atom is -0.364 e. The first kappa shape index (κ1) is 9.45. The molecule has 1 aromatic heterocycles. The summed E-state index contributed by atoms with van der Waals surface area (Å²) in [7, 11) is 1.70. The first-order valence-corrected chi connectivity index (χ1v) is 4.52. The molecule has 0 fully saturated rings. The summed E-state index contributed by atoms with van der Waals surface area (Å²) in [5.41, 5.74) is 1.13. The summed E-state index contributed by atoms with van der Waals surface area (Å²) in [5, 5.41) is 3.60. The molecule has 0 saturated heterocycles. The Balaban J connectivity index is 2.23. The van der Waals surface area contributed by atoms with Crippen molar-refractivity contribution in [2.24, 2.45) is 0 Å². The number of amides is 1. The molecule has 1 heterocycles. The molecule has 2 rings (SSSR count). The number of benzene rings is 1.